The maximum atomic E-state index is 9.74. The first-order valence-electron chi connectivity index (χ1n) is 6.36. The lowest BCUT2D eigenvalue weighted by Crippen LogP contribution is -2.21. The van der Waals surface area contributed by atoms with Crippen LogP contribution in [-0.4, -0.2) is 5.11 Å². The number of nitriles is 1. The molecule has 0 radical (unpaired) electrons. The second kappa shape index (κ2) is 5.56. The zero-order chi connectivity index (χ0) is 15.9. The number of phenolic OH excluding ortho intramolecular Hbond substituents is 1. The second-order valence-electron chi connectivity index (χ2n) is 4.82. The number of ether oxygens (including phenoxy) is 1. The second-order valence-corrected chi connectivity index (χ2v) is 6.14. The zero-order valence-corrected chi connectivity index (χ0v) is 13.5. The van der Waals surface area contributed by atoms with E-state index in [1.807, 2.05) is 24.3 Å². The minimum absolute atomic E-state index is 0.0321. The number of benzene rings is 2. The molecule has 1 aliphatic rings. The van der Waals surface area contributed by atoms with E-state index in [0.717, 1.165) is 10.0 Å². The van der Waals surface area contributed by atoms with Crippen molar-refractivity contribution < 1.29 is 9.84 Å². The molecule has 3 N–H and O–H groups in total. The molecule has 3 rings (SSSR count). The zero-order valence-electron chi connectivity index (χ0n) is 11.2. The number of hydrogen-bond acceptors (Lipinski definition) is 4. The SMILES string of the molecule is N#CC1=C(N)Oc2cc(O)c(Cl)cc2C1c1ccc(Br)cc1. The molecule has 1 heterocycles. The molecule has 1 aliphatic heterocycles. The molecule has 0 saturated heterocycles. The third-order valence-corrected chi connectivity index (χ3v) is 4.32. The van der Waals surface area contributed by atoms with E-state index in [1.54, 1.807) is 6.07 Å². The summed E-state index contributed by atoms with van der Waals surface area (Å²) in [5.74, 6) is -0.0564. The maximum absolute atomic E-state index is 9.74. The number of fused-ring (bicyclic) bond motifs is 1. The molecule has 1 unspecified atom stereocenters. The van der Waals surface area contributed by atoms with Gasteiger partial charge >= 0.3 is 0 Å². The van der Waals surface area contributed by atoms with Crippen LogP contribution in [0.25, 0.3) is 0 Å². The summed E-state index contributed by atoms with van der Waals surface area (Å²) in [6.45, 7) is 0. The topological polar surface area (TPSA) is 79.3 Å². The summed E-state index contributed by atoms with van der Waals surface area (Å²) in [5.41, 5.74) is 7.75. The van der Waals surface area contributed by atoms with Crippen molar-refractivity contribution in [3.63, 3.8) is 0 Å². The van der Waals surface area contributed by atoms with E-state index < -0.39 is 0 Å². The first-order chi connectivity index (χ1) is 10.5. The number of halogens is 2. The molecule has 6 heteroatoms. The van der Waals surface area contributed by atoms with Gasteiger partial charge in [-0.1, -0.05) is 39.7 Å². The van der Waals surface area contributed by atoms with Gasteiger partial charge < -0.3 is 15.6 Å². The fraction of sp³-hybridized carbons (Fsp3) is 0.0625. The fourth-order valence-corrected chi connectivity index (χ4v) is 2.90. The van der Waals surface area contributed by atoms with Crippen molar-refractivity contribution in [1.29, 1.82) is 5.26 Å². The molecule has 2 aromatic carbocycles. The molecule has 110 valence electrons. The van der Waals surface area contributed by atoms with Crippen molar-refractivity contribution in [2.24, 2.45) is 5.73 Å². The number of nitrogens with zero attached hydrogens (tertiary/aromatic N) is 1. The van der Waals surface area contributed by atoms with Crippen LogP contribution < -0.4 is 10.5 Å². The Balaban J connectivity index is 2.24. The van der Waals surface area contributed by atoms with Gasteiger partial charge in [0.2, 0.25) is 5.88 Å². The van der Waals surface area contributed by atoms with Crippen molar-refractivity contribution in [1.82, 2.24) is 0 Å². The van der Waals surface area contributed by atoms with Crippen LogP contribution in [0.3, 0.4) is 0 Å². The van der Waals surface area contributed by atoms with Crippen LogP contribution in [0.2, 0.25) is 5.02 Å². The average Bonchev–Trinajstić information content (AvgIpc) is 2.49. The molecular formula is C16H10BrClN2O2. The van der Waals surface area contributed by atoms with Gasteiger partial charge in [-0.2, -0.15) is 5.26 Å². The predicted molar refractivity (Wildman–Crippen MR) is 86.6 cm³/mol. The van der Waals surface area contributed by atoms with E-state index in [-0.39, 0.29) is 22.6 Å². The molecule has 0 aliphatic carbocycles. The summed E-state index contributed by atoms with van der Waals surface area (Å²) in [5, 5.41) is 19.4. The fourth-order valence-electron chi connectivity index (χ4n) is 2.46. The van der Waals surface area contributed by atoms with Gasteiger partial charge in [-0.15, -0.1) is 0 Å². The summed E-state index contributed by atoms with van der Waals surface area (Å²) < 4.78 is 6.39. The molecule has 0 bridgehead atoms. The van der Waals surface area contributed by atoms with Gasteiger partial charge in [-0.3, -0.25) is 0 Å². The van der Waals surface area contributed by atoms with E-state index in [4.69, 9.17) is 22.1 Å². The quantitative estimate of drug-likeness (QED) is 0.786. The maximum Gasteiger partial charge on any atom is 0.205 e. The van der Waals surface area contributed by atoms with Crippen molar-refractivity contribution in [3.05, 3.63) is 68.5 Å². The van der Waals surface area contributed by atoms with Gasteiger partial charge in [0, 0.05) is 16.1 Å². The van der Waals surface area contributed by atoms with E-state index >= 15 is 0 Å². The lowest BCUT2D eigenvalue weighted by atomic mass is 9.83. The first-order valence-corrected chi connectivity index (χ1v) is 7.54. The summed E-state index contributed by atoms with van der Waals surface area (Å²) in [6.07, 6.45) is 0. The van der Waals surface area contributed by atoms with Gasteiger partial charge in [0.25, 0.3) is 0 Å². The van der Waals surface area contributed by atoms with Crippen molar-refractivity contribution in [2.45, 2.75) is 5.92 Å². The van der Waals surface area contributed by atoms with Gasteiger partial charge in [-0.05, 0) is 23.8 Å². The minimum Gasteiger partial charge on any atom is -0.506 e. The molecule has 1 atom stereocenters. The van der Waals surface area contributed by atoms with Crippen molar-refractivity contribution >= 4 is 27.5 Å². The normalized spacial score (nSPS) is 16.7. The largest absolute Gasteiger partial charge is 0.506 e. The summed E-state index contributed by atoms with van der Waals surface area (Å²) in [7, 11) is 0. The van der Waals surface area contributed by atoms with Crippen LogP contribution in [0.4, 0.5) is 0 Å². The van der Waals surface area contributed by atoms with Crippen LogP contribution in [0.15, 0.2) is 52.3 Å². The minimum atomic E-state index is -0.389. The van der Waals surface area contributed by atoms with Gasteiger partial charge in [-0.25, -0.2) is 0 Å². The third kappa shape index (κ3) is 2.41. The standard InChI is InChI=1S/C16H10BrClN2O2/c17-9-3-1-8(2-4-9)15-10-5-12(18)13(21)6-14(10)22-16(20)11(15)7-19/h1-6,15,21H,20H2. The highest BCUT2D eigenvalue weighted by Gasteiger charge is 2.31. The van der Waals surface area contributed by atoms with E-state index in [0.29, 0.717) is 16.9 Å². The Bertz CT molecular complexity index is 825. The summed E-state index contributed by atoms with van der Waals surface area (Å²) in [4.78, 5) is 0. The molecular weight excluding hydrogens is 368 g/mol. The Labute approximate surface area is 140 Å². The average molecular weight is 378 g/mol. The van der Waals surface area contributed by atoms with E-state index in [2.05, 4.69) is 22.0 Å². The highest BCUT2D eigenvalue weighted by molar-refractivity contribution is 9.10. The molecule has 0 saturated carbocycles. The lowest BCUT2D eigenvalue weighted by molar-refractivity contribution is 0.388. The third-order valence-electron chi connectivity index (χ3n) is 3.49. The Morgan fingerprint density at radius 3 is 2.59 bits per heavy atom. The van der Waals surface area contributed by atoms with Crippen LogP contribution in [-0.2, 0) is 0 Å². The van der Waals surface area contributed by atoms with E-state index in [1.165, 1.54) is 6.07 Å². The van der Waals surface area contributed by atoms with Crippen molar-refractivity contribution in [2.75, 3.05) is 0 Å². The monoisotopic (exact) mass is 376 g/mol. The van der Waals surface area contributed by atoms with Crippen LogP contribution >= 0.6 is 27.5 Å². The Morgan fingerprint density at radius 1 is 1.27 bits per heavy atom. The first kappa shape index (κ1) is 14.8. The van der Waals surface area contributed by atoms with Crippen LogP contribution in [0.5, 0.6) is 11.5 Å². The highest BCUT2D eigenvalue weighted by atomic mass is 79.9. The van der Waals surface area contributed by atoms with Gasteiger partial charge in [0.05, 0.1) is 10.9 Å². The summed E-state index contributed by atoms with van der Waals surface area (Å²) >= 11 is 9.39. The summed E-state index contributed by atoms with van der Waals surface area (Å²) in [6, 6.07) is 12.7. The number of allylic oxidation sites excluding steroid dienone is 1. The lowest BCUT2D eigenvalue weighted by Gasteiger charge is -2.26. The molecule has 0 aromatic heterocycles. The number of aromatic hydroxyl groups is 1. The Kier molecular flexibility index (Phi) is 3.73. The number of nitrogens with two attached hydrogens (primary N) is 1. The van der Waals surface area contributed by atoms with Crippen molar-refractivity contribution in [3.8, 4) is 17.6 Å². The molecule has 4 nitrogen and oxygen atoms in total. The molecule has 22 heavy (non-hydrogen) atoms. The molecule has 2 aromatic rings. The van der Waals surface area contributed by atoms with Gasteiger partial charge in [0.15, 0.2) is 0 Å². The molecule has 0 fully saturated rings. The van der Waals surface area contributed by atoms with Crippen LogP contribution in [0, 0.1) is 11.3 Å². The number of phenols is 1. The van der Waals surface area contributed by atoms with Gasteiger partial charge in [0.1, 0.15) is 23.1 Å². The smallest absolute Gasteiger partial charge is 0.205 e. The Morgan fingerprint density at radius 2 is 1.95 bits per heavy atom. The molecule has 0 spiro atoms. The number of hydrogen-bond donors (Lipinski definition) is 2. The predicted octanol–water partition coefficient (Wildman–Crippen LogP) is 4.03. The Hall–Kier alpha value is -2.16. The number of rotatable bonds is 1. The van der Waals surface area contributed by atoms with E-state index in [9.17, 15) is 10.4 Å². The molecule has 0 amide bonds. The van der Waals surface area contributed by atoms with Crippen LogP contribution in [0.1, 0.15) is 17.0 Å². The highest BCUT2D eigenvalue weighted by Crippen LogP contribution is 2.45.